The zero-order chi connectivity index (χ0) is 23.9. The first-order valence-corrected chi connectivity index (χ1v) is 10.4. The summed E-state index contributed by atoms with van der Waals surface area (Å²) in [5.41, 5.74) is -0.398. The number of carboxylic acid groups (broad SMARTS) is 1. The van der Waals surface area contributed by atoms with Crippen molar-refractivity contribution in [3.63, 3.8) is 0 Å². The molecular formula is C22H30N2O8. The van der Waals surface area contributed by atoms with Gasteiger partial charge in [-0.3, -0.25) is 9.59 Å². The fourth-order valence-electron chi connectivity index (χ4n) is 3.10. The number of likely N-dealkylation sites (tertiary alicyclic amines) is 1. The molecule has 32 heavy (non-hydrogen) atoms. The summed E-state index contributed by atoms with van der Waals surface area (Å²) in [4.78, 5) is 49.5. The quantitative estimate of drug-likeness (QED) is 0.331. The van der Waals surface area contributed by atoms with Gasteiger partial charge >= 0.3 is 12.1 Å². The van der Waals surface area contributed by atoms with E-state index in [1.807, 2.05) is 0 Å². The van der Waals surface area contributed by atoms with E-state index in [1.165, 1.54) is 29.2 Å². The molecule has 0 saturated carbocycles. The Bertz CT molecular complexity index is 831. The molecule has 176 valence electrons. The van der Waals surface area contributed by atoms with E-state index in [1.54, 1.807) is 27.7 Å². The lowest BCUT2D eigenvalue weighted by Gasteiger charge is -2.21. The summed E-state index contributed by atoms with van der Waals surface area (Å²) in [5, 5.41) is 11.7. The van der Waals surface area contributed by atoms with Gasteiger partial charge in [-0.2, -0.15) is 0 Å². The highest BCUT2D eigenvalue weighted by Crippen LogP contribution is 2.19. The van der Waals surface area contributed by atoms with E-state index in [0.717, 1.165) is 0 Å². The van der Waals surface area contributed by atoms with Gasteiger partial charge in [0.1, 0.15) is 11.4 Å². The number of esters is 1. The SMILES string of the molecule is CCNC(=O)[C@@H](OC1CCN(C(=O)O)C1)C(=O)c1ccc(OCC(=O)OC(C)(C)C)cc1. The number of ether oxygens (including phenoxy) is 3. The molecule has 1 aliphatic rings. The first kappa shape index (κ1) is 25.1. The Morgan fingerprint density at radius 3 is 2.38 bits per heavy atom. The molecule has 0 bridgehead atoms. The van der Waals surface area contributed by atoms with Crippen molar-refractivity contribution in [1.82, 2.24) is 10.2 Å². The monoisotopic (exact) mass is 450 g/mol. The van der Waals surface area contributed by atoms with E-state index in [4.69, 9.17) is 19.3 Å². The van der Waals surface area contributed by atoms with Gasteiger partial charge in [-0.1, -0.05) is 0 Å². The molecule has 0 spiro atoms. The highest BCUT2D eigenvalue weighted by Gasteiger charge is 2.35. The number of benzene rings is 1. The average molecular weight is 450 g/mol. The van der Waals surface area contributed by atoms with Crippen molar-refractivity contribution >= 4 is 23.8 Å². The second-order valence-electron chi connectivity index (χ2n) is 8.31. The fraction of sp³-hybridized carbons (Fsp3) is 0.545. The van der Waals surface area contributed by atoms with Gasteiger partial charge in [0.15, 0.2) is 12.7 Å². The number of nitrogens with one attached hydrogen (secondary N) is 1. The summed E-state index contributed by atoms with van der Waals surface area (Å²) in [5.74, 6) is -1.30. The van der Waals surface area contributed by atoms with Crippen LogP contribution < -0.4 is 10.1 Å². The van der Waals surface area contributed by atoms with Crippen LogP contribution in [0.2, 0.25) is 0 Å². The number of amides is 2. The van der Waals surface area contributed by atoms with Crippen LogP contribution in [-0.4, -0.2) is 77.8 Å². The molecule has 0 aromatic heterocycles. The Labute approximate surface area is 186 Å². The number of hydrogen-bond acceptors (Lipinski definition) is 7. The molecule has 1 saturated heterocycles. The van der Waals surface area contributed by atoms with Crippen LogP contribution >= 0.6 is 0 Å². The third kappa shape index (κ3) is 7.52. The van der Waals surface area contributed by atoms with E-state index in [2.05, 4.69) is 5.32 Å². The summed E-state index contributed by atoms with van der Waals surface area (Å²) >= 11 is 0. The lowest BCUT2D eigenvalue weighted by Crippen LogP contribution is -2.44. The van der Waals surface area contributed by atoms with Crippen molar-refractivity contribution in [2.45, 2.75) is 51.9 Å². The lowest BCUT2D eigenvalue weighted by molar-refractivity contribution is -0.157. The zero-order valence-corrected chi connectivity index (χ0v) is 18.8. The molecule has 2 amide bonds. The van der Waals surface area contributed by atoms with E-state index in [0.29, 0.717) is 18.7 Å². The average Bonchev–Trinajstić information content (AvgIpc) is 3.18. The number of hydrogen-bond donors (Lipinski definition) is 2. The number of rotatable bonds is 9. The van der Waals surface area contributed by atoms with Gasteiger partial charge in [0.2, 0.25) is 5.78 Å². The van der Waals surface area contributed by atoms with Crippen molar-refractivity contribution < 1.29 is 38.5 Å². The smallest absolute Gasteiger partial charge is 0.407 e. The van der Waals surface area contributed by atoms with Crippen molar-refractivity contribution in [2.75, 3.05) is 26.2 Å². The molecular weight excluding hydrogens is 420 g/mol. The molecule has 2 rings (SSSR count). The molecule has 10 heteroatoms. The summed E-state index contributed by atoms with van der Waals surface area (Å²) < 4.78 is 16.3. The minimum absolute atomic E-state index is 0.0932. The zero-order valence-electron chi connectivity index (χ0n) is 18.8. The third-order valence-electron chi connectivity index (χ3n) is 4.49. The van der Waals surface area contributed by atoms with Crippen LogP contribution in [-0.2, 0) is 19.1 Å². The van der Waals surface area contributed by atoms with Crippen molar-refractivity contribution in [2.24, 2.45) is 0 Å². The number of carbonyl (C=O) groups excluding carboxylic acids is 3. The van der Waals surface area contributed by atoms with Crippen molar-refractivity contribution in [3.8, 4) is 5.75 Å². The molecule has 0 radical (unpaired) electrons. The molecule has 0 aliphatic carbocycles. The minimum Gasteiger partial charge on any atom is -0.482 e. The maximum absolute atomic E-state index is 13.0. The maximum atomic E-state index is 13.0. The Hall–Kier alpha value is -3.14. The summed E-state index contributed by atoms with van der Waals surface area (Å²) in [7, 11) is 0. The molecule has 1 aromatic carbocycles. The maximum Gasteiger partial charge on any atom is 0.407 e. The molecule has 2 atom stereocenters. The second kappa shape index (κ2) is 10.9. The Morgan fingerprint density at radius 2 is 1.84 bits per heavy atom. The summed E-state index contributed by atoms with van der Waals surface area (Å²) in [6.45, 7) is 7.38. The van der Waals surface area contributed by atoms with Crippen LogP contribution in [0.3, 0.4) is 0 Å². The predicted octanol–water partition coefficient (Wildman–Crippen LogP) is 1.86. The molecule has 1 unspecified atom stereocenters. The summed E-state index contributed by atoms with van der Waals surface area (Å²) in [6, 6.07) is 5.96. The van der Waals surface area contributed by atoms with Gasteiger partial charge in [-0.25, -0.2) is 9.59 Å². The molecule has 1 aliphatic heterocycles. The third-order valence-corrected chi connectivity index (χ3v) is 4.49. The van der Waals surface area contributed by atoms with E-state index in [-0.39, 0.29) is 25.3 Å². The van der Waals surface area contributed by atoms with Crippen LogP contribution in [0.5, 0.6) is 5.75 Å². The van der Waals surface area contributed by atoms with Gasteiger partial charge < -0.3 is 29.5 Å². The van der Waals surface area contributed by atoms with Crippen LogP contribution in [0, 0.1) is 0 Å². The predicted molar refractivity (Wildman–Crippen MR) is 114 cm³/mol. The number of carbonyl (C=O) groups is 4. The van der Waals surface area contributed by atoms with E-state index < -0.39 is 41.6 Å². The Kier molecular flexibility index (Phi) is 8.59. The van der Waals surface area contributed by atoms with Gasteiger partial charge in [0, 0.05) is 18.7 Å². The highest BCUT2D eigenvalue weighted by molar-refractivity contribution is 6.12. The molecule has 1 heterocycles. The highest BCUT2D eigenvalue weighted by atomic mass is 16.6. The largest absolute Gasteiger partial charge is 0.482 e. The van der Waals surface area contributed by atoms with Gasteiger partial charge in [-0.05, 0) is 58.4 Å². The minimum atomic E-state index is -1.40. The van der Waals surface area contributed by atoms with Crippen LogP contribution in [0.1, 0.15) is 44.5 Å². The van der Waals surface area contributed by atoms with E-state index in [9.17, 15) is 19.2 Å². The lowest BCUT2D eigenvalue weighted by atomic mass is 10.0. The number of nitrogens with zero attached hydrogens (tertiary/aromatic N) is 1. The van der Waals surface area contributed by atoms with Gasteiger partial charge in [-0.15, -0.1) is 0 Å². The molecule has 1 fully saturated rings. The van der Waals surface area contributed by atoms with Crippen LogP contribution in [0.25, 0.3) is 0 Å². The van der Waals surface area contributed by atoms with Crippen molar-refractivity contribution in [1.29, 1.82) is 0 Å². The first-order chi connectivity index (χ1) is 15.0. The van der Waals surface area contributed by atoms with Crippen molar-refractivity contribution in [3.05, 3.63) is 29.8 Å². The van der Waals surface area contributed by atoms with Gasteiger partial charge in [0.25, 0.3) is 5.91 Å². The van der Waals surface area contributed by atoms with E-state index >= 15 is 0 Å². The number of ketones is 1. The molecule has 2 N–H and O–H groups in total. The number of Topliss-reactive ketones (excluding diaryl/α,β-unsaturated/α-hetero) is 1. The van der Waals surface area contributed by atoms with Crippen LogP contribution in [0.15, 0.2) is 24.3 Å². The molecule has 1 aromatic rings. The Morgan fingerprint density at radius 1 is 1.19 bits per heavy atom. The van der Waals surface area contributed by atoms with Gasteiger partial charge in [0.05, 0.1) is 12.6 Å². The topological polar surface area (TPSA) is 131 Å². The standard InChI is InChI=1S/C22H30N2O8/c1-5-23-20(27)19(31-16-10-11-24(12-16)21(28)29)18(26)14-6-8-15(9-7-14)30-13-17(25)32-22(2,3)4/h6-9,16,19H,5,10-13H2,1-4H3,(H,23,27)(H,28,29)/t16?,19-/m0/s1. The summed E-state index contributed by atoms with van der Waals surface area (Å²) in [6.07, 6.45) is -2.63. The molecule has 10 nitrogen and oxygen atoms in total. The second-order valence-corrected chi connectivity index (χ2v) is 8.31. The fourth-order valence-corrected chi connectivity index (χ4v) is 3.10. The first-order valence-electron chi connectivity index (χ1n) is 10.4. The Balaban J connectivity index is 2.03. The normalized spacial score (nSPS) is 16.9. The number of likely N-dealkylation sites (N-methyl/N-ethyl adjacent to an activating group) is 1. The van der Waals surface area contributed by atoms with Crippen LogP contribution in [0.4, 0.5) is 4.79 Å².